The van der Waals surface area contributed by atoms with E-state index >= 15 is 0 Å². The van der Waals surface area contributed by atoms with Gasteiger partial charge in [0.2, 0.25) is 21.8 Å². The zero-order chi connectivity index (χ0) is 27.7. The molecule has 4 rings (SSSR count). The Bertz CT molecular complexity index is 1330. The average molecular weight is 550 g/mol. The van der Waals surface area contributed by atoms with E-state index in [0.29, 0.717) is 19.6 Å². The Morgan fingerprint density at radius 1 is 0.923 bits per heavy atom. The second kappa shape index (κ2) is 13.5. The van der Waals surface area contributed by atoms with Gasteiger partial charge in [0.05, 0.1) is 11.5 Å². The van der Waals surface area contributed by atoms with E-state index in [-0.39, 0.29) is 35.7 Å². The van der Waals surface area contributed by atoms with Crippen molar-refractivity contribution in [2.75, 3.05) is 20.3 Å². The van der Waals surface area contributed by atoms with Gasteiger partial charge in [-0.1, -0.05) is 72.8 Å². The van der Waals surface area contributed by atoms with Crippen LogP contribution in [0.5, 0.6) is 0 Å². The standard InChI is InChI=1S/C30H35N3O5S/c1-38-21-20-31-30(35)29(25-10-6-3-7-11-25)33(22-24-8-4-2-5-9-24)28(34)19-14-23-12-17-27(18-13-23)39(36,37)32-26-15-16-26/h2-13,17-18,26,29,32H,14-16,19-22H2,1H3,(H,31,35)/t29-/m0/s1. The van der Waals surface area contributed by atoms with Gasteiger partial charge in [0.1, 0.15) is 6.04 Å². The molecule has 0 radical (unpaired) electrons. The van der Waals surface area contributed by atoms with Crippen LogP contribution in [0.2, 0.25) is 0 Å². The van der Waals surface area contributed by atoms with Crippen LogP contribution in [-0.4, -0.2) is 51.4 Å². The fourth-order valence-electron chi connectivity index (χ4n) is 4.30. The predicted octanol–water partition coefficient (Wildman–Crippen LogP) is 3.59. The third kappa shape index (κ3) is 8.23. The highest BCUT2D eigenvalue weighted by Crippen LogP contribution is 2.26. The first-order valence-corrected chi connectivity index (χ1v) is 14.6. The van der Waals surface area contributed by atoms with E-state index in [0.717, 1.165) is 29.5 Å². The normalized spacial score (nSPS) is 14.0. The number of hydrogen-bond acceptors (Lipinski definition) is 5. The smallest absolute Gasteiger partial charge is 0.247 e. The second-order valence-corrected chi connectivity index (χ2v) is 11.4. The molecule has 3 aromatic rings. The highest BCUT2D eigenvalue weighted by atomic mass is 32.2. The summed E-state index contributed by atoms with van der Waals surface area (Å²) in [7, 11) is -1.97. The monoisotopic (exact) mass is 549 g/mol. The van der Waals surface area contributed by atoms with E-state index in [9.17, 15) is 18.0 Å². The Kier molecular flexibility index (Phi) is 9.86. The van der Waals surface area contributed by atoms with Gasteiger partial charge in [0.25, 0.3) is 0 Å². The zero-order valence-corrected chi connectivity index (χ0v) is 22.9. The van der Waals surface area contributed by atoms with Crippen LogP contribution in [0.25, 0.3) is 0 Å². The number of carbonyl (C=O) groups excluding carboxylic acids is 2. The number of amides is 2. The number of aryl methyl sites for hydroxylation is 1. The molecule has 0 aromatic heterocycles. The maximum atomic E-state index is 13.7. The number of benzene rings is 3. The molecule has 0 aliphatic heterocycles. The van der Waals surface area contributed by atoms with Crippen LogP contribution in [-0.2, 0) is 37.3 Å². The molecule has 1 fully saturated rings. The van der Waals surface area contributed by atoms with Crippen molar-refractivity contribution in [2.24, 2.45) is 0 Å². The van der Waals surface area contributed by atoms with Gasteiger partial charge in [0.15, 0.2) is 0 Å². The van der Waals surface area contributed by atoms with Crippen molar-refractivity contribution in [3.8, 4) is 0 Å². The van der Waals surface area contributed by atoms with E-state index in [1.165, 1.54) is 0 Å². The van der Waals surface area contributed by atoms with Crippen LogP contribution in [0.4, 0.5) is 0 Å². The lowest BCUT2D eigenvalue weighted by Crippen LogP contribution is -2.44. The maximum Gasteiger partial charge on any atom is 0.247 e. The third-order valence-corrected chi connectivity index (χ3v) is 8.09. The van der Waals surface area contributed by atoms with Gasteiger partial charge in [0, 0.05) is 32.7 Å². The molecular formula is C30H35N3O5S. The van der Waals surface area contributed by atoms with Gasteiger partial charge in [-0.15, -0.1) is 0 Å². The Hall–Kier alpha value is -3.53. The van der Waals surface area contributed by atoms with E-state index in [1.54, 1.807) is 36.3 Å². The quantitative estimate of drug-likeness (QED) is 0.299. The largest absolute Gasteiger partial charge is 0.383 e. The van der Waals surface area contributed by atoms with E-state index in [1.807, 2.05) is 60.7 Å². The second-order valence-electron chi connectivity index (χ2n) is 9.64. The summed E-state index contributed by atoms with van der Waals surface area (Å²) in [5.41, 5.74) is 2.47. The average Bonchev–Trinajstić information content (AvgIpc) is 3.76. The molecule has 2 amide bonds. The maximum absolute atomic E-state index is 13.7. The Morgan fingerprint density at radius 3 is 2.18 bits per heavy atom. The van der Waals surface area contributed by atoms with Gasteiger partial charge >= 0.3 is 0 Å². The summed E-state index contributed by atoms with van der Waals surface area (Å²) >= 11 is 0. The fraction of sp³-hybridized carbons (Fsp3) is 0.333. The summed E-state index contributed by atoms with van der Waals surface area (Å²) in [6, 6.07) is 24.7. The number of nitrogens with one attached hydrogen (secondary N) is 2. The van der Waals surface area contributed by atoms with Crippen LogP contribution in [0, 0.1) is 0 Å². The third-order valence-electron chi connectivity index (χ3n) is 6.56. The van der Waals surface area contributed by atoms with Crippen LogP contribution < -0.4 is 10.0 Å². The lowest BCUT2D eigenvalue weighted by Gasteiger charge is -2.32. The van der Waals surface area contributed by atoms with Gasteiger partial charge in [-0.05, 0) is 48.1 Å². The van der Waals surface area contributed by atoms with Gasteiger partial charge in [-0.25, -0.2) is 13.1 Å². The highest BCUT2D eigenvalue weighted by Gasteiger charge is 2.31. The number of sulfonamides is 1. The van der Waals surface area contributed by atoms with Crippen molar-refractivity contribution in [2.45, 2.75) is 49.2 Å². The number of methoxy groups -OCH3 is 1. The van der Waals surface area contributed by atoms with Crippen molar-refractivity contribution in [3.05, 3.63) is 102 Å². The summed E-state index contributed by atoms with van der Waals surface area (Å²) in [6.07, 6.45) is 2.31. The summed E-state index contributed by atoms with van der Waals surface area (Å²) in [5, 5.41) is 2.89. The summed E-state index contributed by atoms with van der Waals surface area (Å²) in [6.45, 7) is 0.958. The number of nitrogens with zero attached hydrogens (tertiary/aromatic N) is 1. The van der Waals surface area contributed by atoms with Crippen LogP contribution in [0.1, 0.15) is 42.0 Å². The van der Waals surface area contributed by atoms with Gasteiger partial charge in [-0.3, -0.25) is 9.59 Å². The number of ether oxygens (including phenoxy) is 1. The molecule has 9 heteroatoms. The molecule has 1 aliphatic rings. The first-order chi connectivity index (χ1) is 18.9. The highest BCUT2D eigenvalue weighted by molar-refractivity contribution is 7.89. The SMILES string of the molecule is COCCNC(=O)[C@H](c1ccccc1)N(Cc1ccccc1)C(=O)CCc1ccc(S(=O)(=O)NC2CC2)cc1. The number of carbonyl (C=O) groups is 2. The van der Waals surface area contributed by atoms with Crippen LogP contribution >= 0.6 is 0 Å². The molecular weight excluding hydrogens is 514 g/mol. The summed E-state index contributed by atoms with van der Waals surface area (Å²) < 4.78 is 32.7. The molecule has 0 unspecified atom stereocenters. The summed E-state index contributed by atoms with van der Waals surface area (Å²) in [5.74, 6) is -0.457. The fourth-order valence-corrected chi connectivity index (χ4v) is 5.61. The minimum atomic E-state index is -3.53. The minimum Gasteiger partial charge on any atom is -0.383 e. The first kappa shape index (κ1) is 28.5. The first-order valence-electron chi connectivity index (χ1n) is 13.1. The molecule has 3 aromatic carbocycles. The topological polar surface area (TPSA) is 105 Å². The van der Waals surface area contributed by atoms with Crippen LogP contribution in [0.15, 0.2) is 89.8 Å². The number of hydrogen-bond donors (Lipinski definition) is 2. The van der Waals surface area contributed by atoms with Gasteiger partial charge in [-0.2, -0.15) is 0 Å². The minimum absolute atomic E-state index is 0.0344. The van der Waals surface area contributed by atoms with E-state index in [2.05, 4.69) is 10.0 Å². The van der Waals surface area contributed by atoms with Crippen molar-refractivity contribution >= 4 is 21.8 Å². The molecule has 1 atom stereocenters. The van der Waals surface area contributed by atoms with Crippen molar-refractivity contribution in [1.29, 1.82) is 0 Å². The molecule has 39 heavy (non-hydrogen) atoms. The molecule has 0 bridgehead atoms. The van der Waals surface area contributed by atoms with E-state index in [4.69, 9.17) is 4.74 Å². The molecule has 1 aliphatic carbocycles. The lowest BCUT2D eigenvalue weighted by molar-refractivity contribution is -0.141. The summed E-state index contributed by atoms with van der Waals surface area (Å²) in [4.78, 5) is 29.0. The molecule has 206 valence electrons. The van der Waals surface area contributed by atoms with Gasteiger partial charge < -0.3 is 15.0 Å². The lowest BCUT2D eigenvalue weighted by atomic mass is 10.0. The zero-order valence-electron chi connectivity index (χ0n) is 22.1. The van der Waals surface area contributed by atoms with Crippen molar-refractivity contribution < 1.29 is 22.7 Å². The molecule has 0 saturated heterocycles. The van der Waals surface area contributed by atoms with Crippen LogP contribution in [0.3, 0.4) is 0 Å². The molecule has 8 nitrogen and oxygen atoms in total. The predicted molar refractivity (Wildman–Crippen MR) is 149 cm³/mol. The van der Waals surface area contributed by atoms with Crippen molar-refractivity contribution in [1.82, 2.24) is 14.9 Å². The Balaban J connectivity index is 1.53. The molecule has 1 saturated carbocycles. The molecule has 2 N–H and O–H groups in total. The molecule has 0 spiro atoms. The Morgan fingerprint density at radius 2 is 1.56 bits per heavy atom. The Labute approximate surface area is 230 Å². The van der Waals surface area contributed by atoms with Crippen molar-refractivity contribution in [3.63, 3.8) is 0 Å². The van der Waals surface area contributed by atoms with E-state index < -0.39 is 16.1 Å². The molecule has 0 heterocycles. The number of rotatable bonds is 14.